The second kappa shape index (κ2) is 26.6. The standard InChI is InChI=1S/C37H70N8O2/c1-5-7-9-11-13-15-17-19-21-23-30-44(31-24-22-20-18-16-14-12-10-8-6-2)32-26-29-42(3)28-25-27-38-36(46)34-35-40-41-43(4)37(47)45(35)33-39-34/h33H,5-32H2,1-4H3,(H,38,46). The molecule has 10 nitrogen and oxygen atoms in total. The predicted octanol–water partition coefficient (Wildman–Crippen LogP) is 7.41. The van der Waals surface area contributed by atoms with Crippen molar-refractivity contribution >= 4 is 11.6 Å². The number of aromatic nitrogens is 5. The first kappa shape index (κ1) is 40.8. The van der Waals surface area contributed by atoms with Crippen LogP contribution in [0.5, 0.6) is 0 Å². The molecule has 0 unspecified atom stereocenters. The number of unbranched alkanes of at least 4 members (excludes halogenated alkanes) is 18. The molecule has 2 heterocycles. The second-order valence-electron chi connectivity index (χ2n) is 13.8. The van der Waals surface area contributed by atoms with E-state index in [4.69, 9.17) is 0 Å². The number of imidazole rings is 1. The average molecular weight is 659 g/mol. The third-order valence-electron chi connectivity index (χ3n) is 9.39. The van der Waals surface area contributed by atoms with Crippen LogP contribution in [0.3, 0.4) is 0 Å². The lowest BCUT2D eigenvalue weighted by molar-refractivity contribution is 0.0949. The van der Waals surface area contributed by atoms with Gasteiger partial charge in [-0.1, -0.05) is 135 Å². The highest BCUT2D eigenvalue weighted by molar-refractivity contribution is 5.97. The highest BCUT2D eigenvalue weighted by Gasteiger charge is 2.17. The molecule has 270 valence electrons. The fourth-order valence-electron chi connectivity index (χ4n) is 6.33. The summed E-state index contributed by atoms with van der Waals surface area (Å²) >= 11 is 0. The summed E-state index contributed by atoms with van der Waals surface area (Å²) in [5, 5.41) is 10.6. The van der Waals surface area contributed by atoms with Gasteiger partial charge in [0.15, 0.2) is 11.3 Å². The van der Waals surface area contributed by atoms with Crippen molar-refractivity contribution in [1.29, 1.82) is 0 Å². The molecule has 0 saturated heterocycles. The largest absolute Gasteiger partial charge is 0.352 e. The van der Waals surface area contributed by atoms with Crippen molar-refractivity contribution in [3.63, 3.8) is 0 Å². The Morgan fingerprint density at radius 1 is 0.681 bits per heavy atom. The first-order chi connectivity index (χ1) is 23.0. The van der Waals surface area contributed by atoms with E-state index in [1.807, 2.05) is 0 Å². The molecule has 0 aliphatic carbocycles. The smallest absolute Gasteiger partial charge is 0.351 e. The van der Waals surface area contributed by atoms with E-state index in [0.717, 1.165) is 24.2 Å². The SMILES string of the molecule is CCCCCCCCCCCCN(CCCCCCCCCCCC)CCCN(C)CCCNC(=O)c1ncn2c(=O)n(C)nnc12. The van der Waals surface area contributed by atoms with Gasteiger partial charge in [-0.05, 0) is 65.5 Å². The fourth-order valence-corrected chi connectivity index (χ4v) is 6.33. The van der Waals surface area contributed by atoms with Crippen LogP contribution < -0.4 is 11.0 Å². The number of hydrogen-bond acceptors (Lipinski definition) is 7. The van der Waals surface area contributed by atoms with Gasteiger partial charge in [0.2, 0.25) is 0 Å². The summed E-state index contributed by atoms with van der Waals surface area (Å²) in [6.45, 7) is 10.8. The molecule has 2 aromatic heterocycles. The van der Waals surface area contributed by atoms with Gasteiger partial charge in [0, 0.05) is 13.6 Å². The zero-order valence-corrected chi connectivity index (χ0v) is 30.8. The molecule has 0 aromatic carbocycles. The van der Waals surface area contributed by atoms with Gasteiger partial charge in [-0.3, -0.25) is 4.79 Å². The van der Waals surface area contributed by atoms with Crippen LogP contribution in [0.2, 0.25) is 0 Å². The van der Waals surface area contributed by atoms with Crippen molar-refractivity contribution in [2.75, 3.05) is 46.3 Å². The molecule has 1 N–H and O–H groups in total. The molecule has 0 atom stereocenters. The average Bonchev–Trinajstić information content (AvgIpc) is 3.51. The van der Waals surface area contributed by atoms with Gasteiger partial charge in [0.05, 0.1) is 0 Å². The summed E-state index contributed by atoms with van der Waals surface area (Å²) in [5.74, 6) is -0.327. The molecule has 10 heteroatoms. The number of hydrogen-bond donors (Lipinski definition) is 1. The summed E-state index contributed by atoms with van der Waals surface area (Å²) in [6, 6.07) is 0. The van der Waals surface area contributed by atoms with Crippen LogP contribution in [0.4, 0.5) is 0 Å². The molecule has 2 aromatic rings. The molecule has 0 bridgehead atoms. The number of nitrogens with zero attached hydrogens (tertiary/aromatic N) is 7. The van der Waals surface area contributed by atoms with Gasteiger partial charge in [-0.2, -0.15) is 4.68 Å². The van der Waals surface area contributed by atoms with Crippen molar-refractivity contribution in [1.82, 2.24) is 39.5 Å². The Hall–Kier alpha value is -2.33. The second-order valence-corrected chi connectivity index (χ2v) is 13.8. The summed E-state index contributed by atoms with van der Waals surface area (Å²) < 4.78 is 2.35. The van der Waals surface area contributed by atoms with E-state index >= 15 is 0 Å². The van der Waals surface area contributed by atoms with Crippen LogP contribution in [0, 0.1) is 0 Å². The normalized spacial score (nSPS) is 11.8. The minimum atomic E-state index is -0.381. The van der Waals surface area contributed by atoms with Crippen molar-refractivity contribution in [2.24, 2.45) is 7.05 Å². The van der Waals surface area contributed by atoms with E-state index in [2.05, 4.69) is 51.3 Å². The lowest BCUT2D eigenvalue weighted by Crippen LogP contribution is -2.32. The molecular formula is C37H70N8O2. The van der Waals surface area contributed by atoms with Gasteiger partial charge in [-0.25, -0.2) is 14.2 Å². The molecule has 47 heavy (non-hydrogen) atoms. The first-order valence-corrected chi connectivity index (χ1v) is 19.4. The van der Waals surface area contributed by atoms with E-state index in [1.54, 1.807) is 0 Å². The number of aryl methyl sites for hydroxylation is 1. The Bertz CT molecular complexity index is 1090. The molecule has 1 amide bonds. The summed E-state index contributed by atoms with van der Waals surface area (Å²) in [7, 11) is 3.69. The first-order valence-electron chi connectivity index (χ1n) is 19.4. The third-order valence-corrected chi connectivity index (χ3v) is 9.39. The number of fused-ring (bicyclic) bond motifs is 1. The number of carbonyl (C=O) groups is 1. The number of nitrogens with one attached hydrogen (secondary N) is 1. The van der Waals surface area contributed by atoms with Crippen LogP contribution >= 0.6 is 0 Å². The summed E-state index contributed by atoms with van der Waals surface area (Å²) in [5.41, 5.74) is -0.0647. The number of amides is 1. The Balaban J connectivity index is 1.62. The van der Waals surface area contributed by atoms with E-state index in [9.17, 15) is 9.59 Å². The van der Waals surface area contributed by atoms with Crippen LogP contribution in [-0.4, -0.2) is 86.4 Å². The Kier molecular flexibility index (Phi) is 23.1. The summed E-state index contributed by atoms with van der Waals surface area (Å²) in [4.78, 5) is 34.0. The van der Waals surface area contributed by atoms with Gasteiger partial charge in [0.25, 0.3) is 5.91 Å². The minimum absolute atomic E-state index is 0.133. The van der Waals surface area contributed by atoms with Crippen LogP contribution in [0.15, 0.2) is 11.1 Å². The maximum Gasteiger partial charge on any atom is 0.352 e. The van der Waals surface area contributed by atoms with Crippen molar-refractivity contribution in [3.8, 4) is 0 Å². The molecule has 2 rings (SSSR count). The van der Waals surface area contributed by atoms with Gasteiger partial charge < -0.3 is 15.1 Å². The quantitative estimate of drug-likeness (QED) is 0.0842. The zero-order valence-electron chi connectivity index (χ0n) is 30.8. The molecular weight excluding hydrogens is 588 g/mol. The number of carbonyl (C=O) groups excluding carboxylic acids is 1. The van der Waals surface area contributed by atoms with Crippen LogP contribution in [0.25, 0.3) is 5.65 Å². The van der Waals surface area contributed by atoms with Gasteiger partial charge in [0.1, 0.15) is 6.33 Å². The topological polar surface area (TPSA) is 101 Å². The lowest BCUT2D eigenvalue weighted by atomic mass is 10.1. The highest BCUT2D eigenvalue weighted by Crippen LogP contribution is 2.13. The van der Waals surface area contributed by atoms with Crippen molar-refractivity contribution in [3.05, 3.63) is 22.5 Å². The predicted molar refractivity (Wildman–Crippen MR) is 195 cm³/mol. The van der Waals surface area contributed by atoms with E-state index in [-0.39, 0.29) is 22.9 Å². The molecule has 0 spiro atoms. The van der Waals surface area contributed by atoms with Crippen LogP contribution in [-0.2, 0) is 7.05 Å². The maximum absolute atomic E-state index is 12.6. The van der Waals surface area contributed by atoms with E-state index < -0.39 is 0 Å². The van der Waals surface area contributed by atoms with E-state index in [1.165, 1.54) is 172 Å². The summed E-state index contributed by atoms with van der Waals surface area (Å²) in [6.07, 6.45) is 31.1. The molecule has 0 saturated carbocycles. The maximum atomic E-state index is 12.6. The van der Waals surface area contributed by atoms with Crippen LogP contribution in [0.1, 0.15) is 166 Å². The Morgan fingerprint density at radius 3 is 1.68 bits per heavy atom. The van der Waals surface area contributed by atoms with Gasteiger partial charge >= 0.3 is 5.69 Å². The number of rotatable bonds is 31. The lowest BCUT2D eigenvalue weighted by Gasteiger charge is -2.24. The fraction of sp³-hybridized carbons (Fsp3) is 0.865. The third kappa shape index (κ3) is 18.1. The monoisotopic (exact) mass is 659 g/mol. The molecule has 0 aliphatic rings. The highest BCUT2D eigenvalue weighted by atomic mass is 16.2. The van der Waals surface area contributed by atoms with Crippen molar-refractivity contribution in [2.45, 2.75) is 155 Å². The molecule has 0 fully saturated rings. The van der Waals surface area contributed by atoms with E-state index in [0.29, 0.717) is 6.54 Å². The minimum Gasteiger partial charge on any atom is -0.351 e. The molecule has 0 aliphatic heterocycles. The Labute approximate surface area is 286 Å². The Morgan fingerprint density at radius 2 is 1.15 bits per heavy atom. The van der Waals surface area contributed by atoms with Gasteiger partial charge in [-0.15, -0.1) is 5.10 Å². The zero-order chi connectivity index (χ0) is 34.0. The van der Waals surface area contributed by atoms with Crippen molar-refractivity contribution < 1.29 is 4.79 Å². The molecule has 0 radical (unpaired) electrons.